The van der Waals surface area contributed by atoms with Crippen LogP contribution in [0.5, 0.6) is 0 Å². The Kier molecular flexibility index (Phi) is 65.3. The van der Waals surface area contributed by atoms with Crippen molar-refractivity contribution < 1.29 is 28.7 Å². The van der Waals surface area contributed by atoms with Gasteiger partial charge in [-0.25, -0.2) is 0 Å². The van der Waals surface area contributed by atoms with Crippen molar-refractivity contribution in [3.05, 3.63) is 0 Å². The van der Waals surface area contributed by atoms with Gasteiger partial charge in [-0.2, -0.15) is 0 Å². The molecular weight excluding hydrogens is 851 g/mol. The number of hydrogen-bond acceptors (Lipinski definition) is 9. The second-order valence-electron chi connectivity index (χ2n) is 19.1. The number of hydrogen-bond donors (Lipinski definition) is 1. The van der Waals surface area contributed by atoms with Crippen molar-refractivity contribution in [2.75, 3.05) is 106 Å². The number of carbonyl (C=O) groups excluding carboxylic acids is 4. The fourth-order valence-electron chi connectivity index (χ4n) is 8.29. The minimum Gasteiger partial charge on any atom is -0.385 e. The lowest BCUT2D eigenvalue weighted by Gasteiger charge is -2.31. The van der Waals surface area contributed by atoms with Crippen LogP contribution in [-0.2, 0) is 28.7 Å². The molecule has 68 heavy (non-hydrogen) atoms. The van der Waals surface area contributed by atoms with E-state index in [2.05, 4.69) is 54.6 Å². The number of rotatable bonds is 53. The highest BCUT2D eigenvalue weighted by Gasteiger charge is 2.19. The van der Waals surface area contributed by atoms with E-state index in [-0.39, 0.29) is 5.91 Å². The summed E-state index contributed by atoms with van der Waals surface area (Å²) in [7, 11) is 3.49. The highest BCUT2D eigenvalue weighted by Crippen LogP contribution is 2.13. The van der Waals surface area contributed by atoms with Gasteiger partial charge in [0.05, 0.1) is 6.54 Å². The molecule has 11 nitrogen and oxygen atoms in total. The number of amides is 2. The second-order valence-corrected chi connectivity index (χ2v) is 19.1. The topological polar surface area (TPSA) is 112 Å². The van der Waals surface area contributed by atoms with Crippen molar-refractivity contribution >= 4 is 24.9 Å². The molecule has 1 N–H and O–H groups in total. The monoisotopic (exact) mass is 968 g/mol. The number of methoxy groups -OCH3 is 2. The van der Waals surface area contributed by atoms with Crippen molar-refractivity contribution in [3.63, 3.8) is 0 Å². The fraction of sp³-hybridized carbons (Fsp3) is 0.930. The van der Waals surface area contributed by atoms with E-state index >= 15 is 0 Å². The maximum Gasteiger partial charge on any atom is 0.236 e. The van der Waals surface area contributed by atoms with Gasteiger partial charge in [0.15, 0.2) is 0 Å². The van der Waals surface area contributed by atoms with E-state index < -0.39 is 0 Å². The zero-order valence-electron chi connectivity index (χ0n) is 46.5. The van der Waals surface area contributed by atoms with Gasteiger partial charge in [0.25, 0.3) is 0 Å². The Bertz CT molecular complexity index is 944. The van der Waals surface area contributed by atoms with Gasteiger partial charge in [-0.05, 0) is 90.6 Å². The predicted octanol–water partition coefficient (Wildman–Crippen LogP) is 12.7. The third-order valence-electron chi connectivity index (χ3n) is 12.7. The average Bonchev–Trinajstić information content (AvgIpc) is 3.34. The molecule has 406 valence electrons. The van der Waals surface area contributed by atoms with E-state index in [1.165, 1.54) is 167 Å². The first kappa shape index (κ1) is 70.3. The van der Waals surface area contributed by atoms with Crippen LogP contribution >= 0.6 is 0 Å². The third-order valence-corrected chi connectivity index (χ3v) is 12.7. The molecule has 0 aliphatic carbocycles. The summed E-state index contributed by atoms with van der Waals surface area (Å²) in [6.45, 7) is 22.7. The quantitative estimate of drug-likeness (QED) is 0.0470. The lowest BCUT2D eigenvalue weighted by molar-refractivity contribution is -0.132. The molecule has 0 saturated carbocycles. The highest BCUT2D eigenvalue weighted by atomic mass is 16.5. The normalized spacial score (nSPS) is 11.1. The molecule has 0 atom stereocenters. The zero-order valence-corrected chi connectivity index (χ0v) is 46.5. The number of aldehydes is 2. The smallest absolute Gasteiger partial charge is 0.236 e. The summed E-state index contributed by atoms with van der Waals surface area (Å²) < 4.78 is 9.69. The Morgan fingerprint density at radius 3 is 1.12 bits per heavy atom. The fourth-order valence-corrected chi connectivity index (χ4v) is 8.29. The summed E-state index contributed by atoms with van der Waals surface area (Å²) in [5.74, 6) is 0.143. The summed E-state index contributed by atoms with van der Waals surface area (Å²) in [5, 5.41) is 2.76. The van der Waals surface area contributed by atoms with Gasteiger partial charge < -0.3 is 39.1 Å². The minimum atomic E-state index is 0.143. The average molecular weight is 969 g/mol. The molecule has 0 radical (unpaired) electrons. The van der Waals surface area contributed by atoms with E-state index in [9.17, 15) is 19.2 Å². The first-order valence-corrected chi connectivity index (χ1v) is 28.9. The molecule has 0 heterocycles. The number of nitrogens with one attached hydrogen (secondary N) is 1. The van der Waals surface area contributed by atoms with Gasteiger partial charge in [-0.1, -0.05) is 176 Å². The minimum absolute atomic E-state index is 0.143. The van der Waals surface area contributed by atoms with E-state index in [0.717, 1.165) is 104 Å². The van der Waals surface area contributed by atoms with Crippen LogP contribution in [0.1, 0.15) is 240 Å². The molecule has 0 aliphatic heterocycles. The lowest BCUT2D eigenvalue weighted by atomic mass is 10.1. The summed E-state index contributed by atoms with van der Waals surface area (Å²) in [6.07, 6.45) is 41.1. The molecular formula is C57H117N5O6. The largest absolute Gasteiger partial charge is 0.385 e. The molecule has 0 aromatic heterocycles. The van der Waals surface area contributed by atoms with E-state index in [0.29, 0.717) is 45.4 Å². The molecule has 11 heteroatoms. The molecule has 0 spiro atoms. The van der Waals surface area contributed by atoms with Crippen LogP contribution in [0, 0.1) is 0 Å². The lowest BCUT2D eigenvalue weighted by Crippen LogP contribution is -2.46. The van der Waals surface area contributed by atoms with Gasteiger partial charge in [0.2, 0.25) is 12.3 Å². The van der Waals surface area contributed by atoms with Gasteiger partial charge in [0, 0.05) is 73.0 Å². The van der Waals surface area contributed by atoms with Gasteiger partial charge >= 0.3 is 0 Å². The first-order chi connectivity index (χ1) is 33.4. The number of carbonyl (C=O) groups is 4. The molecule has 0 rings (SSSR count). The van der Waals surface area contributed by atoms with Crippen LogP contribution in [0.25, 0.3) is 0 Å². The van der Waals surface area contributed by atoms with Crippen molar-refractivity contribution in [2.45, 2.75) is 240 Å². The highest BCUT2D eigenvalue weighted by molar-refractivity contribution is 5.78. The van der Waals surface area contributed by atoms with Crippen molar-refractivity contribution in [1.82, 2.24) is 24.9 Å². The van der Waals surface area contributed by atoms with Crippen molar-refractivity contribution in [2.24, 2.45) is 0 Å². The SMILES string of the molecule is CCCCCCCCCN(CCCCCCCCC)CCN(CCCCCCCCC)CC(=O)N(CCCN(CCCC=O)CCCC=O)CCNC=O.CCCCCOC.CCCCCOC. The summed E-state index contributed by atoms with van der Waals surface area (Å²) in [5.41, 5.74) is 0. The maximum absolute atomic E-state index is 14.0. The Hall–Kier alpha value is -1.92. The van der Waals surface area contributed by atoms with Gasteiger partial charge in [-0.3, -0.25) is 14.5 Å². The molecule has 0 aromatic carbocycles. The Morgan fingerprint density at radius 2 is 0.721 bits per heavy atom. The zero-order chi connectivity index (χ0) is 50.7. The van der Waals surface area contributed by atoms with Gasteiger partial charge in [-0.15, -0.1) is 0 Å². The predicted molar refractivity (Wildman–Crippen MR) is 292 cm³/mol. The van der Waals surface area contributed by atoms with Crippen molar-refractivity contribution in [1.29, 1.82) is 0 Å². The van der Waals surface area contributed by atoms with E-state index in [1.807, 2.05) is 4.90 Å². The summed E-state index contributed by atoms with van der Waals surface area (Å²) in [4.78, 5) is 56.3. The number of unbranched alkanes of at least 4 members (excludes halogenated alkanes) is 24. The Labute approximate surface area is 423 Å². The summed E-state index contributed by atoms with van der Waals surface area (Å²) >= 11 is 0. The number of nitrogens with zero attached hydrogens (tertiary/aromatic N) is 4. The molecule has 0 saturated heterocycles. The molecule has 0 unspecified atom stereocenters. The Balaban J connectivity index is -0.00000259. The first-order valence-electron chi connectivity index (χ1n) is 28.9. The number of ether oxygens (including phenoxy) is 2. The standard InChI is InChI=1S/C45H89N5O4.2C6H14O/c1-4-7-10-13-16-19-22-31-48(32-23-20-17-14-11-8-5-2)39-40-49(35-24-21-18-15-12-9-6-3)43-45(54)50(38-30-46-44-53)37-29-36-47(33-25-27-41-51)34-26-28-42-52;2*1-3-4-5-6-7-2/h41-42,44H,4-40,43H2,1-3H3,(H,46,53);2*3-6H2,1-2H3. The van der Waals surface area contributed by atoms with Crippen molar-refractivity contribution in [3.8, 4) is 0 Å². The maximum atomic E-state index is 14.0. The van der Waals surface area contributed by atoms with E-state index in [1.54, 1.807) is 14.2 Å². The van der Waals surface area contributed by atoms with Crippen LogP contribution in [0.4, 0.5) is 0 Å². The Morgan fingerprint density at radius 1 is 0.382 bits per heavy atom. The molecule has 0 aliphatic rings. The van der Waals surface area contributed by atoms with Crippen LogP contribution in [0.15, 0.2) is 0 Å². The molecule has 0 bridgehead atoms. The van der Waals surface area contributed by atoms with Gasteiger partial charge in [0.1, 0.15) is 12.6 Å². The van der Waals surface area contributed by atoms with Crippen LogP contribution < -0.4 is 5.32 Å². The molecule has 0 fully saturated rings. The molecule has 0 aromatic rings. The molecule has 2 amide bonds. The van der Waals surface area contributed by atoms with Crippen LogP contribution in [-0.4, -0.2) is 150 Å². The second kappa shape index (κ2) is 63.1. The third kappa shape index (κ3) is 56.7. The van der Waals surface area contributed by atoms with E-state index in [4.69, 9.17) is 9.47 Å². The van der Waals surface area contributed by atoms with Crippen LogP contribution in [0.3, 0.4) is 0 Å². The van der Waals surface area contributed by atoms with Crippen LogP contribution in [0.2, 0.25) is 0 Å². The summed E-state index contributed by atoms with van der Waals surface area (Å²) in [6, 6.07) is 0.